The summed E-state index contributed by atoms with van der Waals surface area (Å²) in [6, 6.07) is 4.19. The highest BCUT2D eigenvalue weighted by atomic mass is 35.5. The summed E-state index contributed by atoms with van der Waals surface area (Å²) in [5, 5.41) is 23.8. The Morgan fingerprint density at radius 3 is 2.85 bits per heavy atom. The number of aliphatic hydroxyl groups is 1. The lowest BCUT2D eigenvalue weighted by atomic mass is 9.85. The third kappa shape index (κ3) is 2.51. The van der Waals surface area contributed by atoms with Gasteiger partial charge in [-0.05, 0) is 18.2 Å². The van der Waals surface area contributed by atoms with Crippen LogP contribution in [-0.2, 0) is 5.60 Å². The molecule has 1 aliphatic rings. The minimum atomic E-state index is -3.50. The van der Waals surface area contributed by atoms with Crippen molar-refractivity contribution in [3.63, 3.8) is 0 Å². The predicted molar refractivity (Wildman–Crippen MR) is 69.4 cm³/mol. The van der Waals surface area contributed by atoms with Crippen LogP contribution < -0.4 is 10.6 Å². The molecule has 1 atom stereocenters. The van der Waals surface area contributed by atoms with Gasteiger partial charge in [0.05, 0.1) is 6.54 Å². The maximum Gasteiger partial charge on any atom is 0.404 e. The lowest BCUT2D eigenvalue weighted by molar-refractivity contribution is -0.184. The molecule has 2 rings (SSSR count). The first-order chi connectivity index (χ1) is 9.26. The zero-order valence-electron chi connectivity index (χ0n) is 10.3. The second-order valence-corrected chi connectivity index (χ2v) is 5.03. The van der Waals surface area contributed by atoms with E-state index in [0.717, 1.165) is 0 Å². The van der Waals surface area contributed by atoms with Gasteiger partial charge in [-0.3, -0.25) is 0 Å². The van der Waals surface area contributed by atoms with E-state index in [1.54, 1.807) is 0 Å². The number of carboxylic acid groups (broad SMARTS) is 1. The Morgan fingerprint density at radius 1 is 1.50 bits per heavy atom. The summed E-state index contributed by atoms with van der Waals surface area (Å²) >= 11 is 5.79. The number of fused-ring (bicyclic) bond motifs is 1. The number of halogens is 3. The molecule has 0 radical (unpaired) electrons. The van der Waals surface area contributed by atoms with Crippen molar-refractivity contribution in [1.82, 2.24) is 5.32 Å². The van der Waals surface area contributed by atoms with Crippen LogP contribution in [0.25, 0.3) is 0 Å². The van der Waals surface area contributed by atoms with Crippen LogP contribution in [-0.4, -0.2) is 35.3 Å². The van der Waals surface area contributed by atoms with Crippen LogP contribution in [0.2, 0.25) is 5.02 Å². The fraction of sp³-hybridized carbons (Fsp3) is 0.417. The van der Waals surface area contributed by atoms with Crippen molar-refractivity contribution in [2.75, 3.05) is 18.4 Å². The smallest absolute Gasteiger partial charge is 0.404 e. The largest absolute Gasteiger partial charge is 0.465 e. The predicted octanol–water partition coefficient (Wildman–Crippen LogP) is 2.25. The van der Waals surface area contributed by atoms with Gasteiger partial charge in [-0.2, -0.15) is 0 Å². The molecule has 0 fully saturated rings. The summed E-state index contributed by atoms with van der Waals surface area (Å²) in [5.74, 6) is -3.50. The standard InChI is InChI=1S/C12H13ClF2N2O3/c13-7-1-2-9-8(5-7)11(20,6-17-10(18)19)12(14,15)3-4-16-9/h1-2,5,16-17,20H,3-4,6H2,(H,18,19). The van der Waals surface area contributed by atoms with Gasteiger partial charge >= 0.3 is 6.09 Å². The summed E-state index contributed by atoms with van der Waals surface area (Å²) in [5.41, 5.74) is -2.47. The molecule has 1 aliphatic heterocycles. The van der Waals surface area contributed by atoms with Crippen molar-refractivity contribution in [2.24, 2.45) is 0 Å². The zero-order chi connectivity index (χ0) is 15.0. The number of anilines is 1. The molecule has 1 heterocycles. The highest BCUT2D eigenvalue weighted by Gasteiger charge is 2.55. The number of alkyl halides is 2. The molecule has 5 nitrogen and oxygen atoms in total. The van der Waals surface area contributed by atoms with E-state index in [1.165, 1.54) is 18.2 Å². The molecule has 8 heteroatoms. The van der Waals surface area contributed by atoms with Gasteiger partial charge in [-0.25, -0.2) is 13.6 Å². The SMILES string of the molecule is O=C(O)NCC1(O)c2cc(Cl)ccc2NCCC1(F)F. The third-order valence-corrected chi connectivity index (χ3v) is 3.52. The van der Waals surface area contributed by atoms with Crippen molar-refractivity contribution >= 4 is 23.4 Å². The lowest BCUT2D eigenvalue weighted by Crippen LogP contribution is -2.52. The number of nitrogens with one attached hydrogen (secondary N) is 2. The molecule has 0 bridgehead atoms. The van der Waals surface area contributed by atoms with E-state index in [4.69, 9.17) is 16.7 Å². The van der Waals surface area contributed by atoms with Crippen LogP contribution >= 0.6 is 11.6 Å². The fourth-order valence-electron chi connectivity index (χ4n) is 2.20. The lowest BCUT2D eigenvalue weighted by Gasteiger charge is -2.35. The fourth-order valence-corrected chi connectivity index (χ4v) is 2.37. The van der Waals surface area contributed by atoms with Crippen molar-refractivity contribution in [3.05, 3.63) is 28.8 Å². The van der Waals surface area contributed by atoms with E-state index in [-0.39, 0.29) is 17.1 Å². The Labute approximate surface area is 118 Å². The van der Waals surface area contributed by atoms with E-state index in [0.29, 0.717) is 5.69 Å². The summed E-state index contributed by atoms with van der Waals surface area (Å²) in [7, 11) is 0. The molecule has 1 amide bonds. The molecule has 0 aromatic heterocycles. The number of amides is 1. The Morgan fingerprint density at radius 2 is 2.20 bits per heavy atom. The van der Waals surface area contributed by atoms with Gasteiger partial charge in [0.1, 0.15) is 0 Å². The molecular formula is C12H13ClF2N2O3. The van der Waals surface area contributed by atoms with E-state index < -0.39 is 30.6 Å². The maximum atomic E-state index is 14.2. The van der Waals surface area contributed by atoms with Crippen LogP contribution in [0.3, 0.4) is 0 Å². The third-order valence-electron chi connectivity index (χ3n) is 3.28. The second kappa shape index (κ2) is 5.06. The summed E-state index contributed by atoms with van der Waals surface area (Å²) < 4.78 is 28.4. The number of carbonyl (C=O) groups is 1. The van der Waals surface area contributed by atoms with Crippen molar-refractivity contribution in [3.8, 4) is 0 Å². The minimum Gasteiger partial charge on any atom is -0.465 e. The average Bonchev–Trinajstić information content (AvgIpc) is 2.45. The molecule has 0 saturated heterocycles. The topological polar surface area (TPSA) is 81.6 Å². The van der Waals surface area contributed by atoms with Gasteiger partial charge in [-0.1, -0.05) is 11.6 Å². The molecule has 0 spiro atoms. The maximum absolute atomic E-state index is 14.2. The zero-order valence-corrected chi connectivity index (χ0v) is 11.0. The highest BCUT2D eigenvalue weighted by molar-refractivity contribution is 6.30. The number of rotatable bonds is 2. The van der Waals surface area contributed by atoms with E-state index >= 15 is 0 Å². The van der Waals surface area contributed by atoms with Crippen LogP contribution in [0.15, 0.2) is 18.2 Å². The number of hydrogen-bond donors (Lipinski definition) is 4. The monoisotopic (exact) mass is 306 g/mol. The molecule has 1 aromatic rings. The Bertz CT molecular complexity index is 541. The van der Waals surface area contributed by atoms with Crippen LogP contribution in [0.5, 0.6) is 0 Å². The summed E-state index contributed by atoms with van der Waals surface area (Å²) in [6.45, 7) is -0.874. The highest BCUT2D eigenvalue weighted by Crippen LogP contribution is 2.45. The molecule has 0 aliphatic carbocycles. The molecule has 1 unspecified atom stereocenters. The van der Waals surface area contributed by atoms with E-state index in [1.807, 2.05) is 5.32 Å². The number of benzene rings is 1. The molecular weight excluding hydrogens is 294 g/mol. The van der Waals surface area contributed by atoms with Crippen LogP contribution in [0.1, 0.15) is 12.0 Å². The Hall–Kier alpha value is -1.60. The van der Waals surface area contributed by atoms with Gasteiger partial charge in [0.2, 0.25) is 0 Å². The Kier molecular flexibility index (Phi) is 3.75. The van der Waals surface area contributed by atoms with Gasteiger partial charge in [-0.15, -0.1) is 0 Å². The first-order valence-corrected chi connectivity index (χ1v) is 6.25. The van der Waals surface area contributed by atoms with Crippen molar-refractivity contribution in [1.29, 1.82) is 0 Å². The second-order valence-electron chi connectivity index (χ2n) is 4.59. The molecule has 4 N–H and O–H groups in total. The molecule has 0 saturated carbocycles. The number of hydrogen-bond acceptors (Lipinski definition) is 3. The van der Waals surface area contributed by atoms with Gasteiger partial charge < -0.3 is 20.8 Å². The van der Waals surface area contributed by atoms with Crippen LogP contribution in [0, 0.1) is 0 Å². The summed E-state index contributed by atoms with van der Waals surface area (Å²) in [4.78, 5) is 10.6. The van der Waals surface area contributed by atoms with Gasteiger partial charge in [0, 0.05) is 29.2 Å². The van der Waals surface area contributed by atoms with E-state index in [2.05, 4.69) is 5.32 Å². The van der Waals surface area contributed by atoms with Crippen molar-refractivity contribution < 1.29 is 23.8 Å². The van der Waals surface area contributed by atoms with Gasteiger partial charge in [0.25, 0.3) is 5.92 Å². The molecule has 1 aromatic carbocycles. The average molecular weight is 307 g/mol. The van der Waals surface area contributed by atoms with Crippen molar-refractivity contribution in [2.45, 2.75) is 17.9 Å². The molecule has 20 heavy (non-hydrogen) atoms. The van der Waals surface area contributed by atoms with Crippen LogP contribution in [0.4, 0.5) is 19.3 Å². The Balaban J connectivity index is 2.53. The van der Waals surface area contributed by atoms with E-state index in [9.17, 15) is 18.7 Å². The first-order valence-electron chi connectivity index (χ1n) is 5.87. The first kappa shape index (κ1) is 14.8. The minimum absolute atomic E-state index is 0.0446. The quantitative estimate of drug-likeness (QED) is 0.675. The normalized spacial score (nSPS) is 24.2. The summed E-state index contributed by atoms with van der Waals surface area (Å²) in [6.07, 6.45) is -2.12. The van der Waals surface area contributed by atoms with Gasteiger partial charge in [0.15, 0.2) is 5.60 Å². The molecule has 110 valence electrons.